The number of nitrogens with two attached hydrogens (primary N) is 4. The molecule has 0 aromatic carbocycles. The Kier molecular flexibility index (Phi) is 336. The van der Waals surface area contributed by atoms with E-state index in [1.54, 1.807) is 37.4 Å². The van der Waals surface area contributed by atoms with Crippen LogP contribution in [0.5, 0.6) is 0 Å². The summed E-state index contributed by atoms with van der Waals surface area (Å²) >= 11 is 0. The number of hydrazine groups is 4. The van der Waals surface area contributed by atoms with E-state index < -0.39 is 40.1 Å². The number of hydrogen-bond donors (Lipinski definition) is 12. The fourth-order valence-corrected chi connectivity index (χ4v) is 1.43. The molecule has 0 spiro atoms. The van der Waals surface area contributed by atoms with Crippen molar-refractivity contribution in [1.29, 1.82) is 0 Å². The molecule has 36 heteroatoms. The highest BCUT2D eigenvalue weighted by molar-refractivity contribution is 7.89. The van der Waals surface area contributed by atoms with Crippen LogP contribution in [0, 0.1) is 0 Å². The van der Waals surface area contributed by atoms with Crippen molar-refractivity contribution < 1.29 is 72.0 Å². The first-order valence-corrected chi connectivity index (χ1v) is 36.9. The minimum atomic E-state index is -3.16. The topological polar surface area (TPSA) is 523 Å². The maximum absolute atomic E-state index is 10.3. The van der Waals surface area contributed by atoms with Gasteiger partial charge in [-0.05, 0) is 111 Å². The van der Waals surface area contributed by atoms with Gasteiger partial charge in [0.05, 0.1) is 25.0 Å². The summed E-state index contributed by atoms with van der Waals surface area (Å²) in [5, 5.41) is 14.2. The number of nitrogens with zero attached hydrogens (tertiary/aromatic N) is 4. The summed E-state index contributed by atoms with van der Waals surface area (Å²) in [6.07, 6.45) is 4.07. The minimum absolute atomic E-state index is 0. The largest absolute Gasteiger partial charge is 0.300 e. The molecule has 0 radical (unpaired) electrons. The zero-order chi connectivity index (χ0) is 85.4. The molecule has 0 unspecified atom stereocenters. The van der Waals surface area contributed by atoms with Crippen molar-refractivity contribution in [3.05, 3.63) is 52.6 Å². The fraction of sp³-hybridized carbons (Fsp3) is 0.688. The van der Waals surface area contributed by atoms with Gasteiger partial charge in [0.2, 0.25) is 63.7 Å². The molecule has 0 bridgehead atoms. The van der Waals surface area contributed by atoms with Crippen LogP contribution in [-0.4, -0.2) is 128 Å². The number of sulfonamides is 4. The van der Waals surface area contributed by atoms with Gasteiger partial charge in [0.25, 0.3) is 0 Å². The Morgan fingerprint density at radius 2 is 0.340 bits per heavy atom. The minimum Gasteiger partial charge on any atom is -0.300 e. The van der Waals surface area contributed by atoms with Crippen molar-refractivity contribution in [2.45, 2.75) is 279 Å². The van der Waals surface area contributed by atoms with Crippen LogP contribution in [0.2, 0.25) is 0 Å². The van der Waals surface area contributed by atoms with E-state index in [2.05, 4.69) is 107 Å². The van der Waals surface area contributed by atoms with Gasteiger partial charge in [0, 0.05) is 50.5 Å². The molecule has 0 fully saturated rings. The van der Waals surface area contributed by atoms with Crippen molar-refractivity contribution in [2.24, 2.45) is 43.8 Å². The Morgan fingerprint density at radius 1 is 0.250 bits per heavy atom. The molecule has 4 amide bonds. The lowest BCUT2D eigenvalue weighted by Crippen LogP contribution is -2.28. The molecule has 0 saturated carbocycles. The highest BCUT2D eigenvalue weighted by atomic mass is 32.2. The van der Waals surface area contributed by atoms with Crippen LogP contribution in [0.3, 0.4) is 0 Å². The number of hydrogen-bond acceptors (Lipinski definition) is 24. The third-order valence-corrected chi connectivity index (χ3v) is 4.28. The molecule has 32 nitrogen and oxygen atoms in total. The molecule has 0 atom stereocenters. The second kappa shape index (κ2) is 180. The molecule has 100 heavy (non-hydrogen) atoms. The van der Waals surface area contributed by atoms with E-state index in [-0.39, 0.29) is 76.5 Å². The highest BCUT2D eigenvalue weighted by Crippen LogP contribution is 1.76. The zero-order valence-corrected chi connectivity index (χ0v) is 71.2. The fourth-order valence-electron chi connectivity index (χ4n) is 0.729. The quantitative estimate of drug-likeness (QED) is 0.0353. The number of carbonyl (C=O) groups is 8. The van der Waals surface area contributed by atoms with Crippen LogP contribution < -0.4 is 64.4 Å². The predicted molar refractivity (Wildman–Crippen MR) is 447 cm³/mol. The maximum Gasteiger partial charge on any atom is 0.244 e. The lowest BCUT2D eigenvalue weighted by atomic mass is 10.5. The van der Waals surface area contributed by atoms with Gasteiger partial charge in [0.15, 0.2) is 0 Å². The van der Waals surface area contributed by atoms with Gasteiger partial charge < -0.3 is 19.2 Å². The standard InChI is InChI=1S/2C5H10N2O.2C4H10N2O2S.4C3H6O.2C2H6N2O.8C2H6.4C2H4.2CH6N2O2S.4CH4/c2*1-4(2)6-7-5(3)8;2*1-4(2)5-6-9(3,7)8;4*1-3(2)4;2*1-2(5)4-3;12*1-2;2*1-6(4,5)3-2;;;;/h2*1-3H3,(H,7,8);2*6H,1-3H3;4*1-2H3;2*3H2,1H3,(H,4,5);8*1-2H3;4*1-2H2;2*3H,2H2,1H3;4*1H4. The molecule has 624 valence electrons. The second-order valence-electron chi connectivity index (χ2n) is 14.1. The number of Topliss-reactive ketones (excluding diaryl/α,β-unsaturated/α-hetero) is 4. The van der Waals surface area contributed by atoms with Crippen molar-refractivity contribution in [3.63, 3.8) is 0 Å². The number of hydrazone groups is 4. The van der Waals surface area contributed by atoms with Gasteiger partial charge in [-0.3, -0.25) is 41.7 Å². The summed E-state index contributed by atoms with van der Waals surface area (Å²) in [5.74, 6) is 18.0. The summed E-state index contributed by atoms with van der Waals surface area (Å²) in [4.78, 5) is 84.3. The number of nitrogens with one attached hydrogen (secondary N) is 8. The molecule has 0 aromatic heterocycles. The SMILES string of the molecule is C.C.C.C.C=C.C=C.C=C.C=C.CC.CC.CC.CC.CC.CC.CC.CC.CC(=O)NN.CC(=O)NN.CC(=O)NN=C(C)C.CC(=O)NN=C(C)C.CC(C)=NNS(C)(=O)=O.CC(C)=NNS(C)(=O)=O.CC(C)=O.CC(C)=O.CC(C)=O.CC(C)=O.CS(=O)(=O)NN.CS(=O)(=O)NN. The van der Waals surface area contributed by atoms with Gasteiger partial charge in [-0.25, -0.2) is 65.9 Å². The van der Waals surface area contributed by atoms with E-state index in [0.717, 1.165) is 36.4 Å². The molecule has 0 aliphatic carbocycles. The molecule has 0 aliphatic heterocycles. The van der Waals surface area contributed by atoms with E-state index in [4.69, 9.17) is 0 Å². The predicted octanol–water partition coefficient (Wildman–Crippen LogP) is 12.1. The van der Waals surface area contributed by atoms with Crippen molar-refractivity contribution in [2.75, 3.05) is 25.0 Å². The number of amides is 4. The smallest absolute Gasteiger partial charge is 0.244 e. The zero-order valence-electron chi connectivity index (χ0n) is 67.9. The molecular weight excluding hydrogens is 1380 g/mol. The molecule has 0 rings (SSSR count). The number of carbonyl (C=O) groups excluding carboxylic acids is 8. The second-order valence-corrected chi connectivity index (χ2v) is 21.1. The van der Waals surface area contributed by atoms with Crippen LogP contribution in [0.4, 0.5) is 0 Å². The normalized spacial score (nSPS) is 6.92. The molecule has 0 heterocycles. The van der Waals surface area contributed by atoms with Crippen LogP contribution >= 0.6 is 0 Å². The Bertz CT molecular complexity index is 1980. The Morgan fingerprint density at radius 3 is 0.360 bits per heavy atom. The van der Waals surface area contributed by atoms with Gasteiger partial charge in [-0.15, -0.1) is 52.6 Å². The number of ketones is 4. The third-order valence-electron chi connectivity index (χ3n) is 2.58. The van der Waals surface area contributed by atoms with Gasteiger partial charge in [-0.1, -0.05) is 140 Å². The van der Waals surface area contributed by atoms with Crippen LogP contribution in [0.15, 0.2) is 73.0 Å². The molecular formula is C64H168N16O16S4. The Hall–Kier alpha value is -6.64. The molecule has 0 aromatic rings. The molecule has 16 N–H and O–H groups in total. The molecule has 0 aliphatic rings. The van der Waals surface area contributed by atoms with Gasteiger partial charge >= 0.3 is 0 Å². The van der Waals surface area contributed by atoms with Crippen LogP contribution in [-0.2, 0) is 78.4 Å². The lowest BCUT2D eigenvalue weighted by Gasteiger charge is -1.93. The van der Waals surface area contributed by atoms with E-state index >= 15 is 0 Å². The van der Waals surface area contributed by atoms with E-state index in [1.807, 2.05) is 159 Å². The average molecular weight is 1550 g/mol. The lowest BCUT2D eigenvalue weighted by molar-refractivity contribution is -0.119. The Balaban J connectivity index is -0.0000000212. The summed E-state index contributed by atoms with van der Waals surface area (Å²) < 4.78 is 80.3. The van der Waals surface area contributed by atoms with Crippen LogP contribution in [0.25, 0.3) is 0 Å². The van der Waals surface area contributed by atoms with Crippen LogP contribution in [0.1, 0.15) is 279 Å². The summed E-state index contributed by atoms with van der Waals surface area (Å²) in [5.41, 5.74) is 11.4. The maximum atomic E-state index is 10.3. The summed E-state index contributed by atoms with van der Waals surface area (Å²) in [6, 6.07) is 0. The van der Waals surface area contributed by atoms with Crippen molar-refractivity contribution in [1.82, 2.24) is 41.0 Å². The van der Waals surface area contributed by atoms with Gasteiger partial charge in [-0.2, -0.15) is 30.1 Å². The van der Waals surface area contributed by atoms with Gasteiger partial charge in [0.1, 0.15) is 23.1 Å². The molecule has 0 saturated heterocycles. The summed E-state index contributed by atoms with van der Waals surface area (Å²) in [7, 11) is -12.6. The monoisotopic (exact) mass is 1550 g/mol. The first kappa shape index (κ1) is 186. The first-order chi connectivity index (χ1) is 43.7. The van der Waals surface area contributed by atoms with E-state index in [0.29, 0.717) is 11.4 Å². The highest BCUT2D eigenvalue weighted by Gasteiger charge is 1.95. The Labute approximate surface area is 620 Å². The average Bonchev–Trinajstić information content (AvgIpc) is 3.54. The first-order valence-electron chi connectivity index (χ1n) is 29.4. The van der Waals surface area contributed by atoms with E-state index in [9.17, 15) is 72.0 Å². The number of rotatable bonds is 8. The van der Waals surface area contributed by atoms with E-state index in [1.165, 1.54) is 83.1 Å². The summed E-state index contributed by atoms with van der Waals surface area (Å²) in [6.45, 7) is 87.9. The third kappa shape index (κ3) is 1160. The van der Waals surface area contributed by atoms with Crippen molar-refractivity contribution in [3.8, 4) is 0 Å². The van der Waals surface area contributed by atoms with Crippen molar-refractivity contribution >= 4 is 110 Å².